The van der Waals surface area contributed by atoms with E-state index in [-0.39, 0.29) is 34.8 Å². The average molecular weight is 505 g/mol. The molecule has 0 N–H and O–H groups in total. The number of carbonyl (C=O) groups is 2. The first-order valence-electron chi connectivity index (χ1n) is 12.7. The Balaban J connectivity index is 1.56. The minimum atomic E-state index is -0.513. The predicted molar refractivity (Wildman–Crippen MR) is 138 cm³/mol. The maximum absolute atomic E-state index is 14.1. The largest absolute Gasteiger partial charge is 0.493 e. The number of hydrogen-bond acceptors (Lipinski definition) is 5. The lowest BCUT2D eigenvalue weighted by Gasteiger charge is -2.42. The highest BCUT2D eigenvalue weighted by Crippen LogP contribution is 2.53. The minimum absolute atomic E-state index is 0.0132. The molecule has 0 aromatic heterocycles. The van der Waals surface area contributed by atoms with E-state index in [1.54, 1.807) is 24.3 Å². The van der Waals surface area contributed by atoms with Gasteiger partial charge < -0.3 is 14.2 Å². The van der Waals surface area contributed by atoms with Crippen molar-refractivity contribution < 1.29 is 28.2 Å². The van der Waals surface area contributed by atoms with Gasteiger partial charge in [0.05, 0.1) is 7.11 Å². The van der Waals surface area contributed by atoms with Crippen LogP contribution in [0.1, 0.15) is 70.4 Å². The number of ether oxygens (including phenoxy) is 3. The van der Waals surface area contributed by atoms with Crippen LogP contribution in [-0.4, -0.2) is 18.7 Å². The van der Waals surface area contributed by atoms with Crippen molar-refractivity contribution in [2.45, 2.75) is 65.9 Å². The molecule has 5 rings (SSSR count). The summed E-state index contributed by atoms with van der Waals surface area (Å²) in [5, 5.41) is 0. The molecule has 2 aromatic rings. The highest BCUT2D eigenvalue weighted by molar-refractivity contribution is 6.06. The Labute approximate surface area is 217 Å². The van der Waals surface area contributed by atoms with E-state index < -0.39 is 5.92 Å². The molecule has 2 aliphatic carbocycles. The summed E-state index contributed by atoms with van der Waals surface area (Å²) < 4.78 is 32.0. The van der Waals surface area contributed by atoms with Gasteiger partial charge in [-0.05, 0) is 34.6 Å². The number of methoxy groups -OCH3 is 1. The summed E-state index contributed by atoms with van der Waals surface area (Å²) in [5.74, 6) is 1.44. The van der Waals surface area contributed by atoms with Crippen LogP contribution in [0.4, 0.5) is 4.39 Å². The molecule has 0 saturated carbocycles. The highest BCUT2D eigenvalue weighted by atomic mass is 19.1. The van der Waals surface area contributed by atoms with E-state index >= 15 is 0 Å². The molecule has 5 nitrogen and oxygen atoms in total. The van der Waals surface area contributed by atoms with Crippen LogP contribution in [0.3, 0.4) is 0 Å². The molecule has 194 valence electrons. The monoisotopic (exact) mass is 504 g/mol. The fraction of sp³-hybridized carbons (Fsp3) is 0.419. The topological polar surface area (TPSA) is 61.8 Å². The summed E-state index contributed by atoms with van der Waals surface area (Å²) in [6, 6.07) is 11.9. The molecule has 6 heteroatoms. The van der Waals surface area contributed by atoms with Crippen LogP contribution >= 0.6 is 0 Å². The first kappa shape index (κ1) is 25.2. The number of benzene rings is 2. The zero-order valence-corrected chi connectivity index (χ0v) is 22.1. The van der Waals surface area contributed by atoms with Crippen molar-refractivity contribution >= 4 is 11.6 Å². The van der Waals surface area contributed by atoms with Gasteiger partial charge in [-0.15, -0.1) is 0 Å². The number of Topliss-reactive ketones (excluding diaryl/α,β-unsaturated/α-hetero) is 2. The second kappa shape index (κ2) is 9.16. The molecule has 3 aliphatic rings. The standard InChI is InChI=1S/C31H33FO5/c1-30(2)13-21(33)28-25(15-30)37-26-16-31(3,4)14-22(34)29(26)27(28)18-10-11-23(24(12-18)35-5)36-17-19-8-6-7-9-20(19)32/h6-12,27H,13-17H2,1-5H3. The van der Waals surface area contributed by atoms with Crippen molar-refractivity contribution in [2.75, 3.05) is 7.11 Å². The molecule has 0 fully saturated rings. The van der Waals surface area contributed by atoms with E-state index in [0.29, 0.717) is 65.4 Å². The lowest BCUT2D eigenvalue weighted by atomic mass is 9.65. The Morgan fingerprint density at radius 2 is 1.46 bits per heavy atom. The average Bonchev–Trinajstić information content (AvgIpc) is 2.80. The highest BCUT2D eigenvalue weighted by Gasteiger charge is 2.47. The molecule has 0 spiro atoms. The van der Waals surface area contributed by atoms with Crippen molar-refractivity contribution in [3.63, 3.8) is 0 Å². The van der Waals surface area contributed by atoms with Crippen LogP contribution in [-0.2, 0) is 20.9 Å². The maximum atomic E-state index is 14.1. The molecule has 0 radical (unpaired) electrons. The fourth-order valence-corrected chi connectivity index (χ4v) is 5.76. The van der Waals surface area contributed by atoms with Gasteiger partial charge in [-0.3, -0.25) is 9.59 Å². The molecule has 0 amide bonds. The summed E-state index contributed by atoms with van der Waals surface area (Å²) in [6.07, 6.45) is 2.07. The van der Waals surface area contributed by atoms with Crippen LogP contribution in [0.5, 0.6) is 11.5 Å². The van der Waals surface area contributed by atoms with Gasteiger partial charge in [0.1, 0.15) is 23.9 Å². The maximum Gasteiger partial charge on any atom is 0.163 e. The summed E-state index contributed by atoms with van der Waals surface area (Å²) in [5.41, 5.74) is 1.94. The summed E-state index contributed by atoms with van der Waals surface area (Å²) in [7, 11) is 1.54. The van der Waals surface area contributed by atoms with Crippen molar-refractivity contribution in [3.05, 3.63) is 82.1 Å². The zero-order chi connectivity index (χ0) is 26.5. The summed E-state index contributed by atoms with van der Waals surface area (Å²) in [4.78, 5) is 27.0. The quantitative estimate of drug-likeness (QED) is 0.447. The van der Waals surface area contributed by atoms with Crippen molar-refractivity contribution in [1.29, 1.82) is 0 Å². The summed E-state index contributed by atoms with van der Waals surface area (Å²) >= 11 is 0. The van der Waals surface area contributed by atoms with Crippen LogP contribution in [0, 0.1) is 16.6 Å². The number of carbonyl (C=O) groups excluding carboxylic acids is 2. The van der Waals surface area contributed by atoms with Crippen LogP contribution in [0.25, 0.3) is 0 Å². The van der Waals surface area contributed by atoms with Gasteiger partial charge >= 0.3 is 0 Å². The van der Waals surface area contributed by atoms with Gasteiger partial charge in [-0.2, -0.15) is 0 Å². The molecule has 1 heterocycles. The van der Waals surface area contributed by atoms with Gasteiger partial charge in [-0.25, -0.2) is 4.39 Å². The van der Waals surface area contributed by atoms with Crippen LogP contribution in [0.15, 0.2) is 65.1 Å². The summed E-state index contributed by atoms with van der Waals surface area (Å²) in [6.45, 7) is 8.32. The fourth-order valence-electron chi connectivity index (χ4n) is 5.76. The van der Waals surface area contributed by atoms with Gasteiger partial charge in [0.15, 0.2) is 23.1 Å². The van der Waals surface area contributed by atoms with Crippen LogP contribution in [0.2, 0.25) is 0 Å². The third kappa shape index (κ3) is 4.81. The predicted octanol–water partition coefficient (Wildman–Crippen LogP) is 6.81. The smallest absolute Gasteiger partial charge is 0.163 e. The molecule has 0 saturated heterocycles. The second-order valence-corrected chi connectivity index (χ2v) is 11.9. The van der Waals surface area contributed by atoms with Crippen molar-refractivity contribution in [3.8, 4) is 11.5 Å². The third-order valence-electron chi connectivity index (χ3n) is 7.44. The van der Waals surface area contributed by atoms with Gasteiger partial charge in [0.25, 0.3) is 0 Å². The van der Waals surface area contributed by atoms with Gasteiger partial charge in [0, 0.05) is 48.3 Å². The number of hydrogen-bond donors (Lipinski definition) is 0. The third-order valence-corrected chi connectivity index (χ3v) is 7.44. The molecular formula is C31H33FO5. The number of rotatable bonds is 5. The molecule has 2 aromatic carbocycles. The number of halogens is 1. The lowest BCUT2D eigenvalue weighted by Crippen LogP contribution is -2.37. The Kier molecular flexibility index (Phi) is 6.25. The molecule has 1 aliphatic heterocycles. The number of allylic oxidation sites excluding steroid dienone is 4. The Morgan fingerprint density at radius 3 is 2.03 bits per heavy atom. The first-order valence-corrected chi connectivity index (χ1v) is 12.7. The Bertz CT molecular complexity index is 1300. The molecule has 0 atom stereocenters. The SMILES string of the molecule is COc1cc(C2C3=C(CC(C)(C)CC3=O)OC3=C2C(=O)CC(C)(C)C3)ccc1OCc1ccccc1F. The van der Waals surface area contributed by atoms with E-state index in [4.69, 9.17) is 14.2 Å². The Hall–Kier alpha value is -3.41. The minimum Gasteiger partial charge on any atom is -0.493 e. The normalized spacial score (nSPS) is 20.8. The van der Waals surface area contributed by atoms with E-state index in [2.05, 4.69) is 27.7 Å². The molecule has 37 heavy (non-hydrogen) atoms. The van der Waals surface area contributed by atoms with Crippen LogP contribution < -0.4 is 9.47 Å². The van der Waals surface area contributed by atoms with Crippen molar-refractivity contribution in [2.24, 2.45) is 10.8 Å². The number of ketones is 2. The molecular weight excluding hydrogens is 471 g/mol. The van der Waals surface area contributed by atoms with E-state index in [1.807, 2.05) is 12.1 Å². The zero-order valence-electron chi connectivity index (χ0n) is 22.1. The van der Waals surface area contributed by atoms with E-state index in [1.165, 1.54) is 13.2 Å². The van der Waals surface area contributed by atoms with Gasteiger partial charge in [-0.1, -0.05) is 52.0 Å². The Morgan fingerprint density at radius 1 is 0.865 bits per heavy atom. The van der Waals surface area contributed by atoms with E-state index in [0.717, 1.165) is 5.56 Å². The first-order chi connectivity index (χ1) is 17.5. The van der Waals surface area contributed by atoms with E-state index in [9.17, 15) is 14.0 Å². The second-order valence-electron chi connectivity index (χ2n) is 11.9. The lowest BCUT2D eigenvalue weighted by molar-refractivity contribution is -0.120. The van der Waals surface area contributed by atoms with Crippen molar-refractivity contribution in [1.82, 2.24) is 0 Å². The molecule has 0 unspecified atom stereocenters. The van der Waals surface area contributed by atoms with Gasteiger partial charge in [0.2, 0.25) is 0 Å². The molecule has 0 bridgehead atoms.